The highest BCUT2D eigenvalue weighted by Gasteiger charge is 2.04. The van der Waals surface area contributed by atoms with Crippen LogP contribution < -0.4 is 5.43 Å². The van der Waals surface area contributed by atoms with Crippen molar-refractivity contribution < 1.29 is 4.79 Å². The second kappa shape index (κ2) is 8.05. The molecule has 0 atom stereocenters. The van der Waals surface area contributed by atoms with E-state index in [-0.39, 0.29) is 5.91 Å². The summed E-state index contributed by atoms with van der Waals surface area (Å²) in [7, 11) is 0. The average Bonchev–Trinajstić information content (AvgIpc) is 3.03. The number of rotatable bonds is 5. The third kappa shape index (κ3) is 4.64. The van der Waals surface area contributed by atoms with Gasteiger partial charge in [-0.25, -0.2) is 15.4 Å². The van der Waals surface area contributed by atoms with Gasteiger partial charge in [0.2, 0.25) is 0 Å². The fraction of sp³-hybridized carbons (Fsp3) is 0. The Labute approximate surface area is 151 Å². The van der Waals surface area contributed by atoms with Crippen LogP contribution in [0.5, 0.6) is 0 Å². The lowest BCUT2D eigenvalue weighted by molar-refractivity contribution is 0.0955. The van der Waals surface area contributed by atoms with E-state index >= 15 is 0 Å². The second-order valence-corrected chi connectivity index (χ2v) is 7.38. The molecule has 0 spiro atoms. The van der Waals surface area contributed by atoms with Crippen molar-refractivity contribution in [1.82, 2.24) is 15.4 Å². The lowest BCUT2D eigenvalue weighted by atomic mass is 10.2. The summed E-state index contributed by atoms with van der Waals surface area (Å²) >= 11 is 8.91. The van der Waals surface area contributed by atoms with E-state index < -0.39 is 0 Å². The van der Waals surface area contributed by atoms with Crippen LogP contribution in [0.2, 0.25) is 5.02 Å². The minimum absolute atomic E-state index is 0.282. The molecule has 8 heteroatoms. The number of hydrazone groups is 1. The van der Waals surface area contributed by atoms with Gasteiger partial charge in [-0.3, -0.25) is 4.79 Å². The fourth-order valence-electron chi connectivity index (χ4n) is 1.72. The van der Waals surface area contributed by atoms with Crippen LogP contribution in [0.1, 0.15) is 15.2 Å². The first-order valence-electron chi connectivity index (χ1n) is 6.83. The number of benzene rings is 1. The van der Waals surface area contributed by atoms with Gasteiger partial charge in [0.1, 0.15) is 11.4 Å². The van der Waals surface area contributed by atoms with E-state index in [4.69, 9.17) is 11.6 Å². The molecular formula is C16H11ClN4OS2. The van der Waals surface area contributed by atoms with Gasteiger partial charge in [-0.15, -0.1) is 11.3 Å². The molecule has 0 aliphatic carbocycles. The van der Waals surface area contributed by atoms with Gasteiger partial charge in [-0.1, -0.05) is 23.4 Å². The van der Waals surface area contributed by atoms with Crippen molar-refractivity contribution in [2.45, 2.75) is 9.24 Å². The van der Waals surface area contributed by atoms with Gasteiger partial charge >= 0.3 is 0 Å². The predicted octanol–water partition coefficient (Wildman–Crippen LogP) is 4.11. The second-order valence-electron chi connectivity index (χ2n) is 4.51. The largest absolute Gasteiger partial charge is 0.271 e. The van der Waals surface area contributed by atoms with Crippen LogP contribution in [0.4, 0.5) is 0 Å². The Bertz CT molecular complexity index is 850. The zero-order chi connectivity index (χ0) is 16.8. The highest BCUT2D eigenvalue weighted by Crippen LogP contribution is 2.31. The van der Waals surface area contributed by atoms with Crippen LogP contribution in [-0.2, 0) is 0 Å². The van der Waals surface area contributed by atoms with Crippen molar-refractivity contribution >= 4 is 46.8 Å². The summed E-state index contributed by atoms with van der Waals surface area (Å²) in [6.45, 7) is 0. The fourth-order valence-corrected chi connectivity index (χ4v) is 3.74. The smallest absolute Gasteiger partial charge is 0.267 e. The van der Waals surface area contributed by atoms with Crippen LogP contribution in [-0.4, -0.2) is 22.1 Å². The van der Waals surface area contributed by atoms with Crippen molar-refractivity contribution in [3.05, 3.63) is 70.5 Å². The van der Waals surface area contributed by atoms with Crippen molar-refractivity contribution in [2.24, 2.45) is 5.10 Å². The van der Waals surface area contributed by atoms with Crippen molar-refractivity contribution in [1.29, 1.82) is 0 Å². The molecule has 0 unspecified atom stereocenters. The maximum absolute atomic E-state index is 11.9. The summed E-state index contributed by atoms with van der Waals surface area (Å²) in [5.74, 6) is -0.282. The summed E-state index contributed by atoms with van der Waals surface area (Å²) in [5, 5.41) is 5.45. The summed E-state index contributed by atoms with van der Waals surface area (Å²) in [6, 6.07) is 12.4. The van der Waals surface area contributed by atoms with Gasteiger partial charge in [0.05, 0.1) is 10.4 Å². The van der Waals surface area contributed by atoms with E-state index in [1.165, 1.54) is 6.33 Å². The third-order valence-corrected chi connectivity index (χ3v) is 5.18. The molecule has 24 heavy (non-hydrogen) atoms. The van der Waals surface area contributed by atoms with Gasteiger partial charge in [0, 0.05) is 21.7 Å². The lowest BCUT2D eigenvalue weighted by Crippen LogP contribution is -2.17. The van der Waals surface area contributed by atoms with Gasteiger partial charge in [0.15, 0.2) is 0 Å². The van der Waals surface area contributed by atoms with Crippen LogP contribution in [0, 0.1) is 0 Å². The highest BCUT2D eigenvalue weighted by molar-refractivity contribution is 8.01. The van der Waals surface area contributed by atoms with Crippen LogP contribution in [0.15, 0.2) is 69.3 Å². The Kier molecular flexibility index (Phi) is 5.58. The number of carbonyl (C=O) groups is 1. The van der Waals surface area contributed by atoms with E-state index in [2.05, 4.69) is 20.5 Å². The van der Waals surface area contributed by atoms with Crippen LogP contribution in [0.3, 0.4) is 0 Å². The molecule has 120 valence electrons. The topological polar surface area (TPSA) is 67.2 Å². The number of nitrogens with one attached hydrogen (secondary N) is 1. The number of aromatic nitrogens is 2. The standard InChI is InChI=1S/C16H11ClN4OS2/c17-12-3-1-11(2-4-12)16(22)21-20-9-13-5-6-15(23-13)24-14-7-8-18-10-19-14/h1-10H,(H,21,22)/b20-9+. The molecule has 5 nitrogen and oxygen atoms in total. The minimum atomic E-state index is -0.282. The Morgan fingerprint density at radius 1 is 1.21 bits per heavy atom. The number of hydrogen-bond acceptors (Lipinski definition) is 6. The normalized spacial score (nSPS) is 10.9. The van der Waals surface area contributed by atoms with Crippen molar-refractivity contribution in [3.8, 4) is 0 Å². The Morgan fingerprint density at radius 2 is 2.04 bits per heavy atom. The first-order valence-corrected chi connectivity index (χ1v) is 8.84. The summed E-state index contributed by atoms with van der Waals surface area (Å²) in [6.07, 6.45) is 4.84. The molecule has 1 amide bonds. The van der Waals surface area contributed by atoms with Crippen molar-refractivity contribution in [2.75, 3.05) is 0 Å². The summed E-state index contributed by atoms with van der Waals surface area (Å²) in [5.41, 5.74) is 3.00. The predicted molar refractivity (Wildman–Crippen MR) is 97.0 cm³/mol. The van der Waals surface area contributed by atoms with E-state index in [1.807, 2.05) is 18.2 Å². The molecule has 0 saturated heterocycles. The molecule has 3 aromatic rings. The summed E-state index contributed by atoms with van der Waals surface area (Å²) < 4.78 is 1.08. The number of amides is 1. The SMILES string of the molecule is O=C(N/N=C/c1ccc(Sc2ccncn2)s1)c1ccc(Cl)cc1. The Balaban J connectivity index is 1.57. The number of thiophene rings is 1. The maximum atomic E-state index is 11.9. The molecule has 0 aliphatic heterocycles. The first kappa shape index (κ1) is 16.6. The monoisotopic (exact) mass is 374 g/mol. The van der Waals surface area contributed by atoms with Gasteiger partial charge in [-0.05, 0) is 42.5 Å². The van der Waals surface area contributed by atoms with E-state index in [0.29, 0.717) is 10.6 Å². The lowest BCUT2D eigenvalue weighted by Gasteiger charge is -1.99. The summed E-state index contributed by atoms with van der Waals surface area (Å²) in [4.78, 5) is 20.9. The average molecular weight is 375 g/mol. The molecule has 2 heterocycles. The zero-order valence-electron chi connectivity index (χ0n) is 12.2. The number of carbonyl (C=O) groups excluding carboxylic acids is 1. The Hall–Kier alpha value is -2.22. The van der Waals surface area contributed by atoms with Crippen molar-refractivity contribution in [3.63, 3.8) is 0 Å². The minimum Gasteiger partial charge on any atom is -0.267 e. The molecule has 0 saturated carbocycles. The molecular weight excluding hydrogens is 364 g/mol. The Morgan fingerprint density at radius 3 is 2.79 bits per heavy atom. The number of hydrogen-bond donors (Lipinski definition) is 1. The number of halogens is 1. The molecule has 0 bridgehead atoms. The first-order chi connectivity index (χ1) is 11.7. The van der Waals surface area contributed by atoms with Gasteiger partial charge < -0.3 is 0 Å². The van der Waals surface area contributed by atoms with E-state index in [1.54, 1.807) is 59.8 Å². The van der Waals surface area contributed by atoms with E-state index in [0.717, 1.165) is 14.1 Å². The molecule has 0 aliphatic rings. The molecule has 0 fully saturated rings. The highest BCUT2D eigenvalue weighted by atomic mass is 35.5. The number of nitrogens with zero attached hydrogens (tertiary/aromatic N) is 3. The quantitative estimate of drug-likeness (QED) is 0.414. The molecule has 2 aromatic heterocycles. The third-order valence-electron chi connectivity index (χ3n) is 2.83. The molecule has 1 N–H and O–H groups in total. The molecule has 3 rings (SSSR count). The zero-order valence-corrected chi connectivity index (χ0v) is 14.6. The van der Waals surface area contributed by atoms with Crippen LogP contribution >= 0.6 is 34.7 Å². The van der Waals surface area contributed by atoms with Gasteiger partial charge in [-0.2, -0.15) is 5.10 Å². The van der Waals surface area contributed by atoms with E-state index in [9.17, 15) is 4.79 Å². The van der Waals surface area contributed by atoms with Crippen LogP contribution in [0.25, 0.3) is 0 Å². The molecule has 1 aromatic carbocycles. The molecule has 0 radical (unpaired) electrons. The maximum Gasteiger partial charge on any atom is 0.271 e. The van der Waals surface area contributed by atoms with Gasteiger partial charge in [0.25, 0.3) is 5.91 Å².